The predicted molar refractivity (Wildman–Crippen MR) is 34.5 cm³/mol. The zero-order valence-corrected chi connectivity index (χ0v) is 5.44. The van der Waals surface area contributed by atoms with Crippen LogP contribution in [0.4, 0.5) is 0 Å². The van der Waals surface area contributed by atoms with E-state index in [1.165, 1.54) is 11.3 Å². The van der Waals surface area contributed by atoms with E-state index in [4.69, 9.17) is 5.11 Å². The van der Waals surface area contributed by atoms with Gasteiger partial charge in [-0.25, -0.2) is 0 Å². The van der Waals surface area contributed by atoms with Crippen molar-refractivity contribution >= 4 is 17.3 Å². The van der Waals surface area contributed by atoms with E-state index < -0.39 is 5.97 Å². The molecule has 0 aliphatic heterocycles. The van der Waals surface area contributed by atoms with Crippen LogP contribution >= 0.6 is 11.3 Å². The third-order valence-corrected chi connectivity index (χ3v) is 1.67. The van der Waals surface area contributed by atoms with Crippen molar-refractivity contribution in [1.82, 2.24) is 0 Å². The molecule has 0 spiro atoms. The van der Waals surface area contributed by atoms with Crippen LogP contribution in [0.5, 0.6) is 0 Å². The zero-order chi connectivity index (χ0) is 6.69. The molecule has 9 heavy (non-hydrogen) atoms. The average molecular weight is 141 g/mol. The van der Waals surface area contributed by atoms with Gasteiger partial charge in [0.25, 0.3) is 0 Å². The van der Waals surface area contributed by atoms with E-state index in [1.54, 1.807) is 11.4 Å². The Bertz CT molecular complexity index is 191. The third-order valence-electron chi connectivity index (χ3n) is 0.848. The second-order valence-corrected chi connectivity index (χ2v) is 2.58. The third kappa shape index (κ3) is 1.85. The van der Waals surface area contributed by atoms with Crippen LogP contribution in [-0.2, 0) is 11.2 Å². The summed E-state index contributed by atoms with van der Waals surface area (Å²) in [6, 6.07) is 4.48. The predicted octanol–water partition coefficient (Wildman–Crippen LogP) is 1.18. The maximum atomic E-state index is 10.1. The van der Waals surface area contributed by atoms with Gasteiger partial charge in [-0.2, -0.15) is 0 Å². The number of hydrogen-bond acceptors (Lipinski definition) is 2. The summed E-state index contributed by atoms with van der Waals surface area (Å²) in [5.74, 6) is -0.786. The van der Waals surface area contributed by atoms with Gasteiger partial charge in [0.1, 0.15) is 0 Å². The molecule has 1 radical (unpaired) electrons. The summed E-state index contributed by atoms with van der Waals surface area (Å²) in [6.07, 6.45) is 0.119. The van der Waals surface area contributed by atoms with Crippen LogP contribution in [0.3, 0.4) is 0 Å². The molecule has 0 aliphatic carbocycles. The first-order chi connectivity index (χ1) is 4.29. The first-order valence-electron chi connectivity index (χ1n) is 2.44. The maximum absolute atomic E-state index is 10.1. The van der Waals surface area contributed by atoms with Crippen LogP contribution in [0.25, 0.3) is 0 Å². The van der Waals surface area contributed by atoms with Gasteiger partial charge >= 0.3 is 5.97 Å². The van der Waals surface area contributed by atoms with Gasteiger partial charge in [-0.15, -0.1) is 11.3 Å². The summed E-state index contributed by atoms with van der Waals surface area (Å²) in [4.78, 5) is 10.9. The minimum absolute atomic E-state index is 0.119. The molecule has 1 heterocycles. The number of hydrogen-bond donors (Lipinski definition) is 1. The van der Waals surface area contributed by atoms with E-state index >= 15 is 0 Å². The van der Waals surface area contributed by atoms with Gasteiger partial charge in [-0.3, -0.25) is 4.79 Å². The molecule has 0 fully saturated rings. The van der Waals surface area contributed by atoms with E-state index in [1.807, 2.05) is 0 Å². The molecule has 3 heteroatoms. The molecular formula is C6H5O2S. The molecule has 1 aromatic rings. The number of carboxylic acids is 1. The normalized spacial score (nSPS) is 9.33. The Balaban J connectivity index is 2.58. The summed E-state index contributed by atoms with van der Waals surface area (Å²) in [5, 5.41) is 10.0. The van der Waals surface area contributed by atoms with Gasteiger partial charge in [0.05, 0.1) is 6.42 Å². The second-order valence-electron chi connectivity index (χ2n) is 1.58. The summed E-state index contributed by atoms with van der Waals surface area (Å²) in [7, 11) is 0. The Kier molecular flexibility index (Phi) is 1.85. The lowest BCUT2D eigenvalue weighted by atomic mass is 10.3. The molecule has 0 atom stereocenters. The fourth-order valence-corrected chi connectivity index (χ4v) is 1.14. The van der Waals surface area contributed by atoms with Crippen molar-refractivity contribution in [3.05, 3.63) is 22.4 Å². The number of rotatable bonds is 2. The fraction of sp³-hybridized carbons (Fsp3) is 0.167. The Hall–Kier alpha value is -0.830. The lowest BCUT2D eigenvalue weighted by Gasteiger charge is -1.85. The number of carboxylic acid groups (broad SMARTS) is 1. The molecule has 0 aromatic carbocycles. The van der Waals surface area contributed by atoms with Gasteiger partial charge < -0.3 is 5.11 Å². The molecular weight excluding hydrogens is 136 g/mol. The molecule has 0 aliphatic rings. The SMILES string of the molecule is O=C(O)Cc1c[c]cs1. The number of aliphatic carboxylic acids is 1. The topological polar surface area (TPSA) is 37.3 Å². The van der Waals surface area contributed by atoms with Crippen molar-refractivity contribution in [2.75, 3.05) is 0 Å². The van der Waals surface area contributed by atoms with Gasteiger partial charge in [-0.1, -0.05) is 0 Å². The van der Waals surface area contributed by atoms with Crippen LogP contribution < -0.4 is 0 Å². The molecule has 0 bridgehead atoms. The van der Waals surface area contributed by atoms with Crippen LogP contribution in [0.1, 0.15) is 4.88 Å². The van der Waals surface area contributed by atoms with E-state index in [0.717, 1.165) is 4.88 Å². The Labute approximate surface area is 56.8 Å². The second kappa shape index (κ2) is 2.64. The molecule has 0 saturated heterocycles. The summed E-state index contributed by atoms with van der Waals surface area (Å²) < 4.78 is 0. The molecule has 0 saturated carbocycles. The molecule has 47 valence electrons. The lowest BCUT2D eigenvalue weighted by molar-refractivity contribution is -0.136. The number of carbonyl (C=O) groups is 1. The van der Waals surface area contributed by atoms with Crippen molar-refractivity contribution in [2.24, 2.45) is 0 Å². The van der Waals surface area contributed by atoms with Crippen molar-refractivity contribution in [2.45, 2.75) is 6.42 Å². The monoisotopic (exact) mass is 141 g/mol. The number of thiophene rings is 1. The highest BCUT2D eigenvalue weighted by Gasteiger charge is 1.98. The first kappa shape index (κ1) is 6.29. The van der Waals surface area contributed by atoms with E-state index in [0.29, 0.717) is 0 Å². The smallest absolute Gasteiger partial charge is 0.308 e. The van der Waals surface area contributed by atoms with Crippen LogP contribution in [0.2, 0.25) is 0 Å². The van der Waals surface area contributed by atoms with Crippen molar-refractivity contribution in [1.29, 1.82) is 0 Å². The summed E-state index contributed by atoms with van der Waals surface area (Å²) >= 11 is 1.41. The molecule has 0 unspecified atom stereocenters. The van der Waals surface area contributed by atoms with Gasteiger partial charge in [0.2, 0.25) is 0 Å². The molecule has 1 rings (SSSR count). The minimum atomic E-state index is -0.786. The highest BCUT2D eigenvalue weighted by atomic mass is 32.1. The quantitative estimate of drug-likeness (QED) is 0.671. The molecule has 2 nitrogen and oxygen atoms in total. The van der Waals surface area contributed by atoms with Crippen molar-refractivity contribution < 1.29 is 9.90 Å². The highest BCUT2D eigenvalue weighted by molar-refractivity contribution is 7.10. The summed E-state index contributed by atoms with van der Waals surface area (Å²) in [5.41, 5.74) is 0. The molecule has 1 N–H and O–H groups in total. The fourth-order valence-electron chi connectivity index (χ4n) is 0.512. The zero-order valence-electron chi connectivity index (χ0n) is 4.63. The van der Waals surface area contributed by atoms with Gasteiger partial charge in [0, 0.05) is 4.88 Å². The summed E-state index contributed by atoms with van der Waals surface area (Å²) in [6.45, 7) is 0. The highest BCUT2D eigenvalue weighted by Crippen LogP contribution is 2.07. The van der Waals surface area contributed by atoms with E-state index in [2.05, 4.69) is 6.07 Å². The van der Waals surface area contributed by atoms with Gasteiger partial charge in [-0.05, 0) is 17.5 Å². The van der Waals surface area contributed by atoms with Crippen molar-refractivity contribution in [3.8, 4) is 0 Å². The largest absolute Gasteiger partial charge is 0.481 e. The van der Waals surface area contributed by atoms with E-state index in [9.17, 15) is 4.79 Å². The minimum Gasteiger partial charge on any atom is -0.481 e. The van der Waals surface area contributed by atoms with Gasteiger partial charge in [0.15, 0.2) is 0 Å². The Morgan fingerprint density at radius 2 is 2.67 bits per heavy atom. The van der Waals surface area contributed by atoms with Crippen molar-refractivity contribution in [3.63, 3.8) is 0 Å². The Morgan fingerprint density at radius 3 is 3.11 bits per heavy atom. The average Bonchev–Trinajstić information content (AvgIpc) is 2.15. The van der Waals surface area contributed by atoms with Crippen LogP contribution in [-0.4, -0.2) is 11.1 Å². The lowest BCUT2D eigenvalue weighted by Crippen LogP contribution is -1.96. The maximum Gasteiger partial charge on any atom is 0.308 e. The van der Waals surface area contributed by atoms with Crippen LogP contribution in [0, 0.1) is 6.07 Å². The standard InChI is InChI=1S/C6H5O2S/c7-6(8)4-5-2-1-3-9-5/h2-3H,4H2,(H,7,8). The van der Waals surface area contributed by atoms with E-state index in [-0.39, 0.29) is 6.42 Å². The Morgan fingerprint density at radius 1 is 1.89 bits per heavy atom. The molecule has 0 amide bonds. The first-order valence-corrected chi connectivity index (χ1v) is 3.32. The van der Waals surface area contributed by atoms with Crippen LogP contribution in [0.15, 0.2) is 11.4 Å². The molecule has 1 aromatic heterocycles.